The fraction of sp³-hybridized carbons (Fsp3) is 0.0238. The standard InChI is InChI=1S/C24BF20.C18H13N2O/c26-5-1(6(27)14(35)21(42)13(5)34)25(2-7(28)15(36)22(43)16(37)8(2)29,3-9(30)17(38)23(44)18(39)10(3)31)4-11(32)19(40)24(45)20(41)12(4)33;19-11-16-8-4-7-14-9-10-20(12-17(14)16)13-18(21)15-5-2-1-3-6-15/h;1-10,12H,13H2/q-1;+1. The molecule has 0 fully saturated rings. The van der Waals surface area contributed by atoms with E-state index in [1.807, 2.05) is 65.5 Å². The second-order valence-corrected chi connectivity index (χ2v) is 13.6. The zero-order valence-electron chi connectivity index (χ0n) is 31.5. The molecule has 3 nitrogen and oxygen atoms in total. The van der Waals surface area contributed by atoms with Crippen LogP contribution in [0.1, 0.15) is 15.9 Å². The Morgan fingerprint density at radius 2 is 0.742 bits per heavy atom. The van der Waals surface area contributed by atoms with Crippen LogP contribution in [-0.2, 0) is 6.54 Å². The number of aromatic nitrogens is 1. The first kappa shape index (κ1) is 48.0. The maximum atomic E-state index is 15.4. The molecule has 0 atom stereocenters. The van der Waals surface area contributed by atoms with Gasteiger partial charge in [0.25, 0.3) is 0 Å². The Bertz CT molecular complexity index is 2830. The molecule has 7 rings (SSSR count). The van der Waals surface area contributed by atoms with E-state index in [4.69, 9.17) is 5.26 Å². The predicted octanol–water partition coefficient (Wildman–Crippen LogP) is 8.73. The van der Waals surface area contributed by atoms with E-state index in [0.29, 0.717) is 11.1 Å². The number of nitrogens with zero attached hydrogens (tertiary/aromatic N) is 2. The van der Waals surface area contributed by atoms with Crippen molar-refractivity contribution < 1.29 is 97.2 Å². The topological polar surface area (TPSA) is 44.7 Å². The quantitative estimate of drug-likeness (QED) is 0.0401. The van der Waals surface area contributed by atoms with Gasteiger partial charge in [-0.2, -0.15) is 9.83 Å². The molecule has 0 aliphatic carbocycles. The summed E-state index contributed by atoms with van der Waals surface area (Å²) in [5.74, 6) is -71.4. The largest absolute Gasteiger partial charge is 0.287 e. The molecule has 24 heteroatoms. The lowest BCUT2D eigenvalue weighted by Crippen LogP contribution is -2.81. The summed E-state index contributed by atoms with van der Waals surface area (Å²) < 4.78 is 296. The first-order valence-electron chi connectivity index (χ1n) is 17.6. The highest BCUT2D eigenvalue weighted by molar-refractivity contribution is 7.20. The maximum absolute atomic E-state index is 15.4. The fourth-order valence-corrected chi connectivity index (χ4v) is 7.21. The lowest BCUT2D eigenvalue weighted by molar-refractivity contribution is -0.681. The van der Waals surface area contributed by atoms with Gasteiger partial charge in [0.2, 0.25) is 12.3 Å². The van der Waals surface area contributed by atoms with Crippen LogP contribution in [0.3, 0.4) is 0 Å². The first-order valence-corrected chi connectivity index (χ1v) is 17.6. The van der Waals surface area contributed by atoms with Crippen LogP contribution in [0.25, 0.3) is 10.8 Å². The molecule has 0 saturated heterocycles. The molecule has 7 aromatic rings. The molecule has 6 aromatic carbocycles. The van der Waals surface area contributed by atoms with E-state index in [0.717, 1.165) is 10.8 Å². The third-order valence-electron chi connectivity index (χ3n) is 10.1. The average Bonchev–Trinajstić information content (AvgIpc) is 3.31. The van der Waals surface area contributed by atoms with E-state index in [2.05, 4.69) is 6.07 Å². The highest BCUT2D eigenvalue weighted by Gasteiger charge is 2.52. The van der Waals surface area contributed by atoms with E-state index < -0.39 is 144 Å². The van der Waals surface area contributed by atoms with Gasteiger partial charge >= 0.3 is 0 Å². The monoisotopic (exact) mass is 952 g/mol. The van der Waals surface area contributed by atoms with Crippen LogP contribution in [0.2, 0.25) is 0 Å². The number of carbonyl (C=O) groups excluding carboxylic acids is 1. The van der Waals surface area contributed by atoms with Gasteiger partial charge in [0.15, 0.2) is 82.2 Å². The van der Waals surface area contributed by atoms with Gasteiger partial charge in [0, 0.05) is 11.6 Å². The van der Waals surface area contributed by atoms with E-state index in [1.54, 1.807) is 6.07 Å². The summed E-state index contributed by atoms with van der Waals surface area (Å²) in [6, 6.07) is 18.9. The van der Waals surface area contributed by atoms with E-state index in [9.17, 15) is 57.5 Å². The van der Waals surface area contributed by atoms with Crippen molar-refractivity contribution in [2.75, 3.05) is 0 Å². The smallest absolute Gasteiger partial charge is 0.227 e. The van der Waals surface area contributed by atoms with Crippen LogP contribution in [0.5, 0.6) is 0 Å². The number of carbonyl (C=O) groups is 1. The Morgan fingerprint density at radius 1 is 0.424 bits per heavy atom. The zero-order chi connectivity index (χ0) is 49.0. The Balaban J connectivity index is 0.000000284. The van der Waals surface area contributed by atoms with Crippen LogP contribution >= 0.6 is 0 Å². The van der Waals surface area contributed by atoms with Gasteiger partial charge in [-0.3, -0.25) is 4.79 Å². The third kappa shape index (κ3) is 7.40. The number of fused-ring (bicyclic) bond motifs is 1. The predicted molar refractivity (Wildman–Crippen MR) is 189 cm³/mol. The summed E-state index contributed by atoms with van der Waals surface area (Å²) in [5, 5.41) is 11.0. The van der Waals surface area contributed by atoms with Gasteiger partial charge < -0.3 is 0 Å². The molecule has 0 saturated carbocycles. The number of hydrogen-bond donors (Lipinski definition) is 0. The molecular weight excluding hydrogens is 939 g/mol. The Kier molecular flexibility index (Phi) is 13.0. The minimum atomic E-state index is -7.22. The highest BCUT2D eigenvalue weighted by atomic mass is 19.2. The number of pyridine rings is 1. The number of halogens is 20. The summed E-state index contributed by atoms with van der Waals surface area (Å²) in [4.78, 5) is 12.2. The molecule has 0 bridgehead atoms. The van der Waals surface area contributed by atoms with Crippen molar-refractivity contribution in [3.05, 3.63) is 194 Å². The summed E-state index contributed by atoms with van der Waals surface area (Å²) >= 11 is 0. The normalized spacial score (nSPS) is 11.4. The van der Waals surface area contributed by atoms with Crippen molar-refractivity contribution in [3.63, 3.8) is 0 Å². The van der Waals surface area contributed by atoms with E-state index in [-0.39, 0.29) is 12.3 Å². The molecule has 0 spiro atoms. The summed E-state index contributed by atoms with van der Waals surface area (Å²) in [6.45, 7) is 0.264. The van der Waals surface area contributed by atoms with Gasteiger partial charge in [-0.25, -0.2) is 87.8 Å². The summed E-state index contributed by atoms with van der Waals surface area (Å²) in [5.41, 5.74) is -13.0. The van der Waals surface area contributed by atoms with Crippen LogP contribution in [0, 0.1) is 128 Å². The Hall–Kier alpha value is -7.45. The number of benzene rings is 6. The van der Waals surface area contributed by atoms with Crippen molar-refractivity contribution in [2.24, 2.45) is 0 Å². The van der Waals surface area contributed by atoms with Crippen LogP contribution in [0.15, 0.2) is 67.0 Å². The second kappa shape index (κ2) is 17.8. The molecule has 0 aliphatic rings. The average molecular weight is 952 g/mol. The molecule has 0 unspecified atom stereocenters. The maximum Gasteiger partial charge on any atom is 0.227 e. The lowest BCUT2D eigenvalue weighted by atomic mass is 9.12. The molecule has 66 heavy (non-hydrogen) atoms. The lowest BCUT2D eigenvalue weighted by Gasteiger charge is -2.44. The van der Waals surface area contributed by atoms with E-state index >= 15 is 35.1 Å². The number of hydrogen-bond acceptors (Lipinski definition) is 2. The van der Waals surface area contributed by atoms with Gasteiger partial charge in [0.1, 0.15) is 58.8 Å². The SMILES string of the molecule is Fc1c(F)c(F)c([B-](c2c(F)c(F)c(F)c(F)c2F)(c2c(F)c(F)c(F)c(F)c2F)c2c(F)c(F)c(F)c(F)c2F)c(F)c1F.N#Cc1cccc2cc[n+](CC(=O)c3ccccc3)cc12. The van der Waals surface area contributed by atoms with Crippen molar-refractivity contribution in [1.29, 1.82) is 5.26 Å². The molecule has 0 radical (unpaired) electrons. The first-order chi connectivity index (χ1) is 31.0. The van der Waals surface area contributed by atoms with Crippen molar-refractivity contribution in [1.82, 2.24) is 0 Å². The highest BCUT2D eigenvalue weighted by Crippen LogP contribution is 2.31. The van der Waals surface area contributed by atoms with Crippen LogP contribution in [0.4, 0.5) is 87.8 Å². The van der Waals surface area contributed by atoms with Crippen molar-refractivity contribution in [3.8, 4) is 6.07 Å². The molecule has 0 amide bonds. The Morgan fingerprint density at radius 3 is 1.06 bits per heavy atom. The zero-order valence-corrected chi connectivity index (χ0v) is 31.5. The molecule has 340 valence electrons. The van der Waals surface area contributed by atoms with Gasteiger partial charge in [-0.1, -0.05) is 42.5 Å². The number of nitriles is 1. The number of ketones is 1. The van der Waals surface area contributed by atoms with E-state index in [1.165, 1.54) is 0 Å². The second-order valence-electron chi connectivity index (χ2n) is 13.6. The third-order valence-corrected chi connectivity index (χ3v) is 10.1. The van der Waals surface area contributed by atoms with Gasteiger partial charge in [-0.05, 0) is 11.5 Å². The molecule has 1 heterocycles. The molecular formula is C42H13BF20N2O. The molecule has 1 aromatic heterocycles. The van der Waals surface area contributed by atoms with Gasteiger partial charge in [0.05, 0.1) is 10.9 Å². The van der Waals surface area contributed by atoms with Crippen LogP contribution < -0.4 is 26.4 Å². The summed E-state index contributed by atoms with van der Waals surface area (Å²) in [6.07, 6.45) is -3.50. The summed E-state index contributed by atoms with van der Waals surface area (Å²) in [7, 11) is 0. The molecule has 0 aliphatic heterocycles. The number of rotatable bonds is 7. The fourth-order valence-electron chi connectivity index (χ4n) is 7.21. The minimum Gasteiger partial charge on any atom is -0.287 e. The van der Waals surface area contributed by atoms with Gasteiger partial charge in [-0.15, -0.1) is 21.9 Å². The van der Waals surface area contributed by atoms with Crippen molar-refractivity contribution >= 4 is 44.6 Å². The Labute approximate surface area is 353 Å². The minimum absolute atomic E-state index is 0.0504. The van der Waals surface area contributed by atoms with Crippen molar-refractivity contribution in [2.45, 2.75) is 6.54 Å². The van der Waals surface area contributed by atoms with Crippen LogP contribution in [-0.4, -0.2) is 11.9 Å². The number of Topliss-reactive ketones (excluding diaryl/α,β-unsaturated/α-hetero) is 1. The molecule has 0 N–H and O–H groups in total.